The Labute approximate surface area is 70.6 Å². The molecule has 0 aromatic carbocycles. The lowest BCUT2D eigenvalue weighted by Gasteiger charge is -2.19. The summed E-state index contributed by atoms with van der Waals surface area (Å²) in [6.45, 7) is 3.00. The maximum Gasteiger partial charge on any atom is 0.332 e. The van der Waals surface area contributed by atoms with E-state index >= 15 is 0 Å². The van der Waals surface area contributed by atoms with Gasteiger partial charge in [-0.25, -0.2) is 10.2 Å². The van der Waals surface area contributed by atoms with E-state index in [1.807, 2.05) is 5.43 Å². The van der Waals surface area contributed by atoms with Gasteiger partial charge in [0.2, 0.25) is 0 Å². The standard InChI is InChI=1S/C6H14N4O2/c1-6(2,8)4(3-11)9-10-5(7)12/h11H,3,8H2,1-2H3,(H3,7,10,12)/b9-4+. The average Bonchev–Trinajstić information content (AvgIpc) is 1.85. The van der Waals surface area contributed by atoms with Gasteiger partial charge in [-0.1, -0.05) is 0 Å². The number of carbonyl (C=O) groups excluding carboxylic acids is 1. The summed E-state index contributed by atoms with van der Waals surface area (Å²) in [5.74, 6) is 0. The van der Waals surface area contributed by atoms with E-state index < -0.39 is 11.6 Å². The number of hydrogen-bond acceptors (Lipinski definition) is 4. The van der Waals surface area contributed by atoms with Gasteiger partial charge in [0.1, 0.15) is 0 Å². The highest BCUT2D eigenvalue weighted by Crippen LogP contribution is 1.99. The van der Waals surface area contributed by atoms with Gasteiger partial charge in [0.15, 0.2) is 0 Å². The predicted octanol–water partition coefficient (Wildman–Crippen LogP) is -1.26. The molecule has 0 fully saturated rings. The molecule has 6 nitrogen and oxygen atoms in total. The van der Waals surface area contributed by atoms with E-state index in [4.69, 9.17) is 16.6 Å². The minimum Gasteiger partial charge on any atom is -0.390 e. The summed E-state index contributed by atoms with van der Waals surface area (Å²) in [5.41, 5.74) is 11.8. The fraction of sp³-hybridized carbons (Fsp3) is 0.667. The summed E-state index contributed by atoms with van der Waals surface area (Å²) in [7, 11) is 0. The molecule has 0 aliphatic heterocycles. The van der Waals surface area contributed by atoms with Gasteiger partial charge in [0.05, 0.1) is 17.9 Å². The van der Waals surface area contributed by atoms with E-state index in [9.17, 15) is 4.79 Å². The fourth-order valence-electron chi connectivity index (χ4n) is 0.506. The Morgan fingerprint density at radius 3 is 2.42 bits per heavy atom. The van der Waals surface area contributed by atoms with Crippen molar-refractivity contribution in [3.63, 3.8) is 0 Å². The van der Waals surface area contributed by atoms with Crippen LogP contribution < -0.4 is 16.9 Å². The largest absolute Gasteiger partial charge is 0.390 e. The van der Waals surface area contributed by atoms with E-state index in [-0.39, 0.29) is 12.3 Å². The quantitative estimate of drug-likeness (QED) is 0.316. The van der Waals surface area contributed by atoms with Crippen molar-refractivity contribution in [2.45, 2.75) is 19.4 Å². The summed E-state index contributed by atoms with van der Waals surface area (Å²) in [6.07, 6.45) is 0. The lowest BCUT2D eigenvalue weighted by atomic mass is 10.0. The number of amides is 2. The minimum atomic E-state index is -0.787. The molecule has 0 aromatic heterocycles. The van der Waals surface area contributed by atoms with Crippen LogP contribution in [0, 0.1) is 0 Å². The molecule has 2 amide bonds. The van der Waals surface area contributed by atoms with Crippen LogP contribution in [0.4, 0.5) is 4.79 Å². The summed E-state index contributed by atoms with van der Waals surface area (Å²) in [5, 5.41) is 12.3. The molecule has 0 aliphatic rings. The number of primary amides is 1. The Bertz CT molecular complexity index is 194. The summed E-state index contributed by atoms with van der Waals surface area (Å²) in [6, 6.07) is -0.787. The Hall–Kier alpha value is -1.14. The second-order valence-electron chi connectivity index (χ2n) is 2.91. The average molecular weight is 174 g/mol. The van der Waals surface area contributed by atoms with Crippen molar-refractivity contribution < 1.29 is 9.90 Å². The fourth-order valence-corrected chi connectivity index (χ4v) is 0.506. The van der Waals surface area contributed by atoms with E-state index in [1.165, 1.54) is 0 Å². The Morgan fingerprint density at radius 2 is 2.17 bits per heavy atom. The minimum absolute atomic E-state index is 0.265. The second kappa shape index (κ2) is 4.03. The molecule has 0 bridgehead atoms. The number of aliphatic hydroxyl groups is 1. The predicted molar refractivity (Wildman–Crippen MR) is 45.5 cm³/mol. The van der Waals surface area contributed by atoms with E-state index in [2.05, 4.69) is 5.10 Å². The highest BCUT2D eigenvalue weighted by atomic mass is 16.3. The first-order chi connectivity index (χ1) is 5.38. The SMILES string of the molecule is CC(C)(N)/C(CO)=N/NC(N)=O. The van der Waals surface area contributed by atoms with Crippen molar-refractivity contribution in [2.75, 3.05) is 6.61 Å². The van der Waals surface area contributed by atoms with Crippen LogP contribution >= 0.6 is 0 Å². The second-order valence-corrected chi connectivity index (χ2v) is 2.91. The van der Waals surface area contributed by atoms with Gasteiger partial charge in [-0.05, 0) is 13.8 Å². The van der Waals surface area contributed by atoms with Crippen LogP contribution in [-0.2, 0) is 0 Å². The van der Waals surface area contributed by atoms with E-state index in [0.717, 1.165) is 0 Å². The van der Waals surface area contributed by atoms with Crippen molar-refractivity contribution >= 4 is 11.7 Å². The third-order valence-electron chi connectivity index (χ3n) is 1.19. The van der Waals surface area contributed by atoms with Crippen LogP contribution in [0.5, 0.6) is 0 Å². The van der Waals surface area contributed by atoms with Gasteiger partial charge in [-0.15, -0.1) is 0 Å². The molecule has 0 heterocycles. The number of urea groups is 1. The number of nitrogens with zero attached hydrogens (tertiary/aromatic N) is 1. The number of aliphatic hydroxyl groups excluding tert-OH is 1. The Balaban J connectivity index is 4.34. The topological polar surface area (TPSA) is 114 Å². The normalized spacial score (nSPS) is 12.8. The molecule has 0 saturated heterocycles. The lowest BCUT2D eigenvalue weighted by Crippen LogP contribution is -2.45. The molecule has 0 rings (SSSR count). The zero-order chi connectivity index (χ0) is 9.78. The van der Waals surface area contributed by atoms with Crippen LogP contribution in [0.25, 0.3) is 0 Å². The van der Waals surface area contributed by atoms with Gasteiger partial charge >= 0.3 is 6.03 Å². The summed E-state index contributed by atoms with van der Waals surface area (Å²) >= 11 is 0. The molecule has 0 aliphatic carbocycles. The highest BCUT2D eigenvalue weighted by molar-refractivity contribution is 5.94. The third-order valence-corrected chi connectivity index (χ3v) is 1.19. The number of carbonyl (C=O) groups is 1. The number of nitrogens with one attached hydrogen (secondary N) is 1. The van der Waals surface area contributed by atoms with Gasteiger partial charge in [0, 0.05) is 0 Å². The first-order valence-corrected chi connectivity index (χ1v) is 3.40. The van der Waals surface area contributed by atoms with Crippen molar-refractivity contribution in [3.8, 4) is 0 Å². The third kappa shape index (κ3) is 3.89. The van der Waals surface area contributed by atoms with Crippen molar-refractivity contribution in [1.29, 1.82) is 0 Å². The monoisotopic (exact) mass is 174 g/mol. The van der Waals surface area contributed by atoms with Gasteiger partial charge < -0.3 is 16.6 Å². The van der Waals surface area contributed by atoms with Crippen molar-refractivity contribution in [2.24, 2.45) is 16.6 Å². The summed E-state index contributed by atoms with van der Waals surface area (Å²) < 4.78 is 0. The van der Waals surface area contributed by atoms with Crippen LogP contribution in [0.2, 0.25) is 0 Å². The first kappa shape index (κ1) is 10.9. The highest BCUT2D eigenvalue weighted by Gasteiger charge is 2.18. The van der Waals surface area contributed by atoms with Gasteiger partial charge in [0.25, 0.3) is 0 Å². The molecule has 0 radical (unpaired) electrons. The molecule has 6 heteroatoms. The molecular weight excluding hydrogens is 160 g/mol. The zero-order valence-corrected chi connectivity index (χ0v) is 7.16. The van der Waals surface area contributed by atoms with Gasteiger partial charge in [-0.3, -0.25) is 0 Å². The Kier molecular flexibility index (Phi) is 3.65. The van der Waals surface area contributed by atoms with E-state index in [0.29, 0.717) is 0 Å². The summed E-state index contributed by atoms with van der Waals surface area (Å²) in [4.78, 5) is 10.2. The smallest absolute Gasteiger partial charge is 0.332 e. The molecule has 12 heavy (non-hydrogen) atoms. The lowest BCUT2D eigenvalue weighted by molar-refractivity contribution is 0.249. The van der Waals surface area contributed by atoms with E-state index in [1.54, 1.807) is 13.8 Å². The maximum absolute atomic E-state index is 10.2. The number of rotatable bonds is 3. The number of hydrazone groups is 1. The molecule has 70 valence electrons. The van der Waals surface area contributed by atoms with Crippen LogP contribution in [-0.4, -0.2) is 29.0 Å². The molecule has 0 saturated carbocycles. The number of nitrogens with two attached hydrogens (primary N) is 2. The molecule has 0 aromatic rings. The zero-order valence-electron chi connectivity index (χ0n) is 7.16. The molecule has 0 atom stereocenters. The van der Waals surface area contributed by atoms with Gasteiger partial charge in [-0.2, -0.15) is 5.10 Å². The molecule has 0 unspecified atom stereocenters. The van der Waals surface area contributed by atoms with Crippen LogP contribution in [0.3, 0.4) is 0 Å². The van der Waals surface area contributed by atoms with Crippen LogP contribution in [0.15, 0.2) is 5.10 Å². The molecule has 6 N–H and O–H groups in total. The Morgan fingerprint density at radius 1 is 1.67 bits per heavy atom. The molecular formula is C6H14N4O2. The number of hydrogen-bond donors (Lipinski definition) is 4. The van der Waals surface area contributed by atoms with Crippen molar-refractivity contribution in [1.82, 2.24) is 5.43 Å². The maximum atomic E-state index is 10.2. The first-order valence-electron chi connectivity index (χ1n) is 3.40. The molecule has 0 spiro atoms. The van der Waals surface area contributed by atoms with Crippen LogP contribution in [0.1, 0.15) is 13.8 Å². The van der Waals surface area contributed by atoms with Crippen molar-refractivity contribution in [3.05, 3.63) is 0 Å².